The Kier molecular flexibility index (Phi) is 2.91. The van der Waals surface area contributed by atoms with E-state index >= 15 is 0 Å². The Balaban J connectivity index is 2.03. The van der Waals surface area contributed by atoms with Gasteiger partial charge in [0.1, 0.15) is 11.6 Å². The first-order valence-corrected chi connectivity index (χ1v) is 5.34. The third-order valence-corrected chi connectivity index (χ3v) is 2.65. The summed E-state index contributed by atoms with van der Waals surface area (Å²) in [5, 5.41) is 0. The van der Waals surface area contributed by atoms with Gasteiger partial charge < -0.3 is 10.5 Å². The SMILES string of the molecule is C[C@@H](N)c1ccc(OCC2CC2)cc1F. The van der Waals surface area contributed by atoms with Crippen LogP contribution in [0.2, 0.25) is 0 Å². The second-order valence-corrected chi connectivity index (χ2v) is 4.23. The molecule has 3 heteroatoms. The van der Waals surface area contributed by atoms with Crippen molar-refractivity contribution in [1.82, 2.24) is 0 Å². The van der Waals surface area contributed by atoms with E-state index in [0.717, 1.165) is 0 Å². The van der Waals surface area contributed by atoms with Crippen molar-refractivity contribution in [2.24, 2.45) is 11.7 Å². The highest BCUT2D eigenvalue weighted by Gasteiger charge is 2.22. The van der Waals surface area contributed by atoms with Crippen LogP contribution in [0.25, 0.3) is 0 Å². The predicted octanol–water partition coefficient (Wildman–Crippen LogP) is 2.63. The number of nitrogens with two attached hydrogens (primary N) is 1. The quantitative estimate of drug-likeness (QED) is 0.827. The molecule has 0 radical (unpaired) electrons. The van der Waals surface area contributed by atoms with Crippen molar-refractivity contribution in [3.05, 3.63) is 29.6 Å². The third-order valence-electron chi connectivity index (χ3n) is 2.65. The monoisotopic (exact) mass is 209 g/mol. The van der Waals surface area contributed by atoms with E-state index in [0.29, 0.717) is 23.8 Å². The van der Waals surface area contributed by atoms with Crippen molar-refractivity contribution in [2.75, 3.05) is 6.61 Å². The molecule has 0 spiro atoms. The van der Waals surface area contributed by atoms with Gasteiger partial charge >= 0.3 is 0 Å². The van der Waals surface area contributed by atoms with Crippen LogP contribution in [-0.2, 0) is 0 Å². The van der Waals surface area contributed by atoms with Gasteiger partial charge in [0, 0.05) is 17.7 Å². The zero-order valence-corrected chi connectivity index (χ0v) is 8.87. The van der Waals surface area contributed by atoms with Crippen LogP contribution in [0.15, 0.2) is 18.2 Å². The van der Waals surface area contributed by atoms with E-state index in [4.69, 9.17) is 10.5 Å². The summed E-state index contributed by atoms with van der Waals surface area (Å²) in [5.74, 6) is 1.00. The summed E-state index contributed by atoms with van der Waals surface area (Å²) in [5.41, 5.74) is 6.15. The Morgan fingerprint density at radius 1 is 1.53 bits per heavy atom. The highest BCUT2D eigenvalue weighted by molar-refractivity contribution is 5.30. The Labute approximate surface area is 89.2 Å². The molecule has 0 aromatic heterocycles. The average Bonchev–Trinajstić information content (AvgIpc) is 2.97. The number of hydrogen-bond acceptors (Lipinski definition) is 2. The smallest absolute Gasteiger partial charge is 0.131 e. The topological polar surface area (TPSA) is 35.2 Å². The number of hydrogen-bond donors (Lipinski definition) is 1. The molecule has 82 valence electrons. The van der Waals surface area contributed by atoms with Crippen molar-refractivity contribution < 1.29 is 9.13 Å². The Hall–Kier alpha value is -1.09. The van der Waals surface area contributed by atoms with E-state index in [9.17, 15) is 4.39 Å². The third kappa shape index (κ3) is 2.69. The van der Waals surface area contributed by atoms with Crippen molar-refractivity contribution in [3.8, 4) is 5.75 Å². The normalized spacial score (nSPS) is 17.5. The van der Waals surface area contributed by atoms with Gasteiger partial charge in [-0.1, -0.05) is 6.07 Å². The average molecular weight is 209 g/mol. The van der Waals surface area contributed by atoms with Gasteiger partial charge in [-0.15, -0.1) is 0 Å². The zero-order chi connectivity index (χ0) is 10.8. The Bertz CT molecular complexity index is 347. The van der Waals surface area contributed by atoms with E-state index in [-0.39, 0.29) is 11.9 Å². The zero-order valence-electron chi connectivity index (χ0n) is 8.87. The lowest BCUT2D eigenvalue weighted by Crippen LogP contribution is -2.08. The van der Waals surface area contributed by atoms with Crippen molar-refractivity contribution in [2.45, 2.75) is 25.8 Å². The van der Waals surface area contributed by atoms with E-state index in [1.54, 1.807) is 19.1 Å². The van der Waals surface area contributed by atoms with Gasteiger partial charge in [-0.3, -0.25) is 0 Å². The van der Waals surface area contributed by atoms with Gasteiger partial charge in [0.25, 0.3) is 0 Å². The van der Waals surface area contributed by atoms with Gasteiger partial charge in [0.05, 0.1) is 6.61 Å². The molecule has 1 aliphatic carbocycles. The molecular weight excluding hydrogens is 193 g/mol. The van der Waals surface area contributed by atoms with Crippen molar-refractivity contribution in [1.29, 1.82) is 0 Å². The molecule has 1 saturated carbocycles. The molecule has 15 heavy (non-hydrogen) atoms. The van der Waals surface area contributed by atoms with Crippen molar-refractivity contribution in [3.63, 3.8) is 0 Å². The minimum atomic E-state index is -0.279. The van der Waals surface area contributed by atoms with Crippen LogP contribution in [-0.4, -0.2) is 6.61 Å². The van der Waals surface area contributed by atoms with E-state index in [1.165, 1.54) is 18.9 Å². The van der Waals surface area contributed by atoms with Gasteiger partial charge in [0.2, 0.25) is 0 Å². The van der Waals surface area contributed by atoms with Crippen LogP contribution in [0.3, 0.4) is 0 Å². The Morgan fingerprint density at radius 2 is 2.27 bits per heavy atom. The van der Waals surface area contributed by atoms with E-state index < -0.39 is 0 Å². The first kappa shape index (κ1) is 10.4. The van der Waals surface area contributed by atoms with E-state index in [1.807, 2.05) is 0 Å². The van der Waals surface area contributed by atoms with Crippen molar-refractivity contribution >= 4 is 0 Å². The second-order valence-electron chi connectivity index (χ2n) is 4.23. The molecule has 2 nitrogen and oxygen atoms in total. The van der Waals surface area contributed by atoms with Gasteiger partial charge in [-0.25, -0.2) is 4.39 Å². The predicted molar refractivity (Wildman–Crippen MR) is 57.2 cm³/mol. The molecule has 0 heterocycles. The summed E-state index contributed by atoms with van der Waals surface area (Å²) in [6, 6.07) is 4.62. The van der Waals surface area contributed by atoms with Gasteiger partial charge in [-0.05, 0) is 31.7 Å². The molecule has 1 aromatic carbocycles. The molecule has 1 aliphatic rings. The highest BCUT2D eigenvalue weighted by Crippen LogP contribution is 2.30. The summed E-state index contributed by atoms with van der Waals surface area (Å²) in [6.07, 6.45) is 2.47. The van der Waals surface area contributed by atoms with E-state index in [2.05, 4.69) is 0 Å². The van der Waals surface area contributed by atoms with Crippen LogP contribution >= 0.6 is 0 Å². The number of rotatable bonds is 4. The standard InChI is InChI=1S/C12H16FNO/c1-8(14)11-5-4-10(6-12(11)13)15-7-9-2-3-9/h4-6,8-9H,2-3,7,14H2,1H3/t8-/m1/s1. The molecule has 1 aromatic rings. The minimum absolute atomic E-state index is 0.275. The first-order chi connectivity index (χ1) is 7.16. The number of halogens is 1. The molecular formula is C12H16FNO. The fraction of sp³-hybridized carbons (Fsp3) is 0.500. The summed E-state index contributed by atoms with van der Waals surface area (Å²) in [4.78, 5) is 0. The minimum Gasteiger partial charge on any atom is -0.493 e. The lowest BCUT2D eigenvalue weighted by Gasteiger charge is -2.10. The Morgan fingerprint density at radius 3 is 2.80 bits per heavy atom. The van der Waals surface area contributed by atoms with Crippen LogP contribution in [0.1, 0.15) is 31.4 Å². The molecule has 0 saturated heterocycles. The van der Waals surface area contributed by atoms with Crippen LogP contribution in [0, 0.1) is 11.7 Å². The summed E-state index contributed by atoms with van der Waals surface area (Å²) >= 11 is 0. The van der Waals surface area contributed by atoms with Gasteiger partial charge in [0.15, 0.2) is 0 Å². The summed E-state index contributed by atoms with van der Waals surface area (Å²) < 4.78 is 18.9. The molecule has 1 fully saturated rings. The maximum atomic E-state index is 13.5. The lowest BCUT2D eigenvalue weighted by atomic mass is 10.1. The summed E-state index contributed by atoms with van der Waals surface area (Å²) in [6.45, 7) is 2.47. The second kappa shape index (κ2) is 4.19. The maximum Gasteiger partial charge on any atom is 0.131 e. The molecule has 0 unspecified atom stereocenters. The van der Waals surface area contributed by atoms with Gasteiger partial charge in [-0.2, -0.15) is 0 Å². The molecule has 2 rings (SSSR count). The lowest BCUT2D eigenvalue weighted by molar-refractivity contribution is 0.298. The first-order valence-electron chi connectivity index (χ1n) is 5.34. The molecule has 0 aliphatic heterocycles. The van der Waals surface area contributed by atoms with Crippen LogP contribution in [0.4, 0.5) is 4.39 Å². The fourth-order valence-electron chi connectivity index (χ4n) is 1.47. The maximum absolute atomic E-state index is 13.5. The summed E-state index contributed by atoms with van der Waals surface area (Å²) in [7, 11) is 0. The fourth-order valence-corrected chi connectivity index (χ4v) is 1.47. The number of ether oxygens (including phenoxy) is 1. The highest BCUT2D eigenvalue weighted by atomic mass is 19.1. The van der Waals surface area contributed by atoms with Crippen LogP contribution < -0.4 is 10.5 Å². The largest absolute Gasteiger partial charge is 0.493 e. The molecule has 1 atom stereocenters. The number of benzene rings is 1. The molecule has 0 amide bonds. The molecule has 2 N–H and O–H groups in total. The van der Waals surface area contributed by atoms with Crippen LogP contribution in [0.5, 0.6) is 5.75 Å². The molecule has 0 bridgehead atoms.